The number of carbonyl (C=O) groups is 2. The summed E-state index contributed by atoms with van der Waals surface area (Å²) >= 11 is 0. The lowest BCUT2D eigenvalue weighted by atomic mass is 9.88. The number of carbonyl (C=O) groups excluding carboxylic acids is 2. The van der Waals surface area contributed by atoms with Crippen LogP contribution in [0.5, 0.6) is 0 Å². The number of aryl methyl sites for hydroxylation is 1. The van der Waals surface area contributed by atoms with Crippen LogP contribution < -0.4 is 10.2 Å². The SMILES string of the molecule is O=C(COC(=O)C1CCN(c2ccccc2[N+](=O)[O-])CC1)NC1CCCc2ccccc21. The molecular formula is C24H27N3O5. The summed E-state index contributed by atoms with van der Waals surface area (Å²) in [5.74, 6) is -0.985. The van der Waals surface area contributed by atoms with Gasteiger partial charge < -0.3 is 15.0 Å². The monoisotopic (exact) mass is 437 g/mol. The first-order chi connectivity index (χ1) is 15.5. The van der Waals surface area contributed by atoms with Crippen LogP contribution in [0.15, 0.2) is 48.5 Å². The van der Waals surface area contributed by atoms with Crippen LogP contribution in [0.25, 0.3) is 0 Å². The van der Waals surface area contributed by atoms with Crippen LogP contribution in [0.3, 0.4) is 0 Å². The third-order valence-corrected chi connectivity index (χ3v) is 6.30. The number of anilines is 1. The number of nitro groups is 1. The van der Waals surface area contributed by atoms with Gasteiger partial charge in [0.25, 0.3) is 11.6 Å². The number of hydrogen-bond donors (Lipinski definition) is 1. The Hall–Kier alpha value is -3.42. The molecule has 4 rings (SSSR count). The van der Waals surface area contributed by atoms with E-state index in [2.05, 4.69) is 11.4 Å². The Morgan fingerprint density at radius 2 is 1.78 bits per heavy atom. The van der Waals surface area contributed by atoms with E-state index in [1.54, 1.807) is 18.2 Å². The summed E-state index contributed by atoms with van der Waals surface area (Å²) in [6.45, 7) is 0.757. The highest BCUT2D eigenvalue weighted by Gasteiger charge is 2.29. The third-order valence-electron chi connectivity index (χ3n) is 6.30. The summed E-state index contributed by atoms with van der Waals surface area (Å²) in [6.07, 6.45) is 3.97. The van der Waals surface area contributed by atoms with Crippen molar-refractivity contribution in [1.82, 2.24) is 5.32 Å². The Labute approximate surface area is 186 Å². The number of piperidine rings is 1. The first-order valence-electron chi connectivity index (χ1n) is 11.0. The molecule has 0 saturated carbocycles. The average molecular weight is 437 g/mol. The number of benzene rings is 2. The number of ether oxygens (including phenoxy) is 1. The molecule has 1 atom stereocenters. The standard InChI is InChI=1S/C24H27N3O5/c28-23(25-20-9-5-7-17-6-1-2-8-19(17)20)16-32-24(29)18-12-14-26(15-13-18)21-10-3-4-11-22(21)27(30)31/h1-4,6,8,10-11,18,20H,5,7,9,12-16H2,(H,25,28). The molecule has 1 aliphatic carbocycles. The summed E-state index contributed by atoms with van der Waals surface area (Å²) in [6, 6.07) is 14.7. The lowest BCUT2D eigenvalue weighted by Crippen LogP contribution is -2.39. The molecular weight excluding hydrogens is 410 g/mol. The van der Waals surface area contributed by atoms with Crippen molar-refractivity contribution in [3.05, 3.63) is 69.8 Å². The van der Waals surface area contributed by atoms with Crippen molar-refractivity contribution >= 4 is 23.3 Å². The summed E-state index contributed by atoms with van der Waals surface area (Å²) in [5, 5.41) is 14.3. The molecule has 2 aromatic rings. The van der Waals surface area contributed by atoms with Gasteiger partial charge in [-0.25, -0.2) is 0 Å². The minimum atomic E-state index is -0.390. The molecule has 1 heterocycles. The number of hydrogen-bond acceptors (Lipinski definition) is 6. The minimum Gasteiger partial charge on any atom is -0.455 e. The van der Waals surface area contributed by atoms with Gasteiger partial charge in [0.15, 0.2) is 6.61 Å². The first kappa shape index (κ1) is 21.8. The van der Waals surface area contributed by atoms with Gasteiger partial charge in [0.2, 0.25) is 0 Å². The number of amides is 1. The Bertz CT molecular complexity index is 1000. The molecule has 1 aliphatic heterocycles. The van der Waals surface area contributed by atoms with E-state index in [1.807, 2.05) is 23.1 Å². The van der Waals surface area contributed by atoms with Crippen LogP contribution in [0.2, 0.25) is 0 Å². The number of nitro benzene ring substituents is 1. The Balaban J connectivity index is 1.25. The van der Waals surface area contributed by atoms with Crippen molar-refractivity contribution in [2.24, 2.45) is 5.92 Å². The summed E-state index contributed by atoms with van der Waals surface area (Å²) in [5.41, 5.74) is 3.03. The van der Waals surface area contributed by atoms with E-state index in [1.165, 1.54) is 11.6 Å². The van der Waals surface area contributed by atoms with Crippen molar-refractivity contribution in [1.29, 1.82) is 0 Å². The number of fused-ring (bicyclic) bond motifs is 1. The number of esters is 1. The predicted molar refractivity (Wildman–Crippen MR) is 119 cm³/mol. The summed E-state index contributed by atoms with van der Waals surface area (Å²) in [4.78, 5) is 37.7. The normalized spacial score (nSPS) is 18.5. The topological polar surface area (TPSA) is 102 Å². The second-order valence-electron chi connectivity index (χ2n) is 8.33. The molecule has 0 aromatic heterocycles. The molecule has 1 unspecified atom stereocenters. The first-order valence-corrected chi connectivity index (χ1v) is 11.0. The summed E-state index contributed by atoms with van der Waals surface area (Å²) in [7, 11) is 0. The van der Waals surface area contributed by atoms with Gasteiger partial charge in [0.1, 0.15) is 5.69 Å². The molecule has 8 heteroatoms. The molecule has 1 amide bonds. The molecule has 32 heavy (non-hydrogen) atoms. The van der Waals surface area contributed by atoms with E-state index in [0.717, 1.165) is 24.8 Å². The minimum absolute atomic E-state index is 0.0453. The summed E-state index contributed by atoms with van der Waals surface area (Å²) < 4.78 is 5.30. The van der Waals surface area contributed by atoms with E-state index in [9.17, 15) is 19.7 Å². The molecule has 1 saturated heterocycles. The van der Waals surface area contributed by atoms with Crippen molar-refractivity contribution in [3.63, 3.8) is 0 Å². The van der Waals surface area contributed by atoms with Crippen LogP contribution in [0, 0.1) is 16.0 Å². The van der Waals surface area contributed by atoms with E-state index in [0.29, 0.717) is 31.6 Å². The molecule has 168 valence electrons. The highest BCUT2D eigenvalue weighted by atomic mass is 16.6. The van der Waals surface area contributed by atoms with Gasteiger partial charge >= 0.3 is 5.97 Å². The molecule has 2 aromatic carbocycles. The molecule has 0 spiro atoms. The van der Waals surface area contributed by atoms with Gasteiger partial charge in [0, 0.05) is 19.2 Å². The third kappa shape index (κ3) is 4.90. The van der Waals surface area contributed by atoms with Gasteiger partial charge in [-0.15, -0.1) is 0 Å². The number of nitrogens with one attached hydrogen (secondary N) is 1. The number of para-hydroxylation sites is 2. The fourth-order valence-electron chi connectivity index (χ4n) is 4.64. The molecule has 1 fully saturated rings. The van der Waals surface area contributed by atoms with Crippen LogP contribution in [-0.2, 0) is 20.7 Å². The molecule has 0 bridgehead atoms. The Morgan fingerprint density at radius 1 is 1.06 bits per heavy atom. The zero-order chi connectivity index (χ0) is 22.5. The van der Waals surface area contributed by atoms with Crippen LogP contribution in [-0.4, -0.2) is 36.5 Å². The Kier molecular flexibility index (Phi) is 6.68. The van der Waals surface area contributed by atoms with E-state index < -0.39 is 0 Å². The van der Waals surface area contributed by atoms with E-state index >= 15 is 0 Å². The quantitative estimate of drug-likeness (QED) is 0.421. The number of rotatable bonds is 6. The fourth-order valence-corrected chi connectivity index (χ4v) is 4.64. The Morgan fingerprint density at radius 3 is 2.56 bits per heavy atom. The van der Waals surface area contributed by atoms with Crippen molar-refractivity contribution in [3.8, 4) is 0 Å². The van der Waals surface area contributed by atoms with Crippen molar-refractivity contribution in [2.45, 2.75) is 38.1 Å². The van der Waals surface area contributed by atoms with Crippen LogP contribution >= 0.6 is 0 Å². The predicted octanol–water partition coefficient (Wildman–Crippen LogP) is 3.55. The van der Waals surface area contributed by atoms with Crippen LogP contribution in [0.1, 0.15) is 42.9 Å². The molecule has 1 N–H and O–H groups in total. The lowest BCUT2D eigenvalue weighted by molar-refractivity contribution is -0.384. The zero-order valence-electron chi connectivity index (χ0n) is 17.9. The van der Waals surface area contributed by atoms with Crippen molar-refractivity contribution < 1.29 is 19.2 Å². The molecule has 0 radical (unpaired) electrons. The van der Waals surface area contributed by atoms with Gasteiger partial charge in [-0.05, 0) is 49.3 Å². The average Bonchev–Trinajstić information content (AvgIpc) is 2.83. The van der Waals surface area contributed by atoms with E-state index in [4.69, 9.17) is 4.74 Å². The van der Waals surface area contributed by atoms with Gasteiger partial charge in [0.05, 0.1) is 16.9 Å². The van der Waals surface area contributed by atoms with E-state index in [-0.39, 0.29) is 41.1 Å². The second-order valence-corrected chi connectivity index (χ2v) is 8.33. The lowest BCUT2D eigenvalue weighted by Gasteiger charge is -2.32. The molecule has 8 nitrogen and oxygen atoms in total. The van der Waals surface area contributed by atoms with Crippen LogP contribution in [0.4, 0.5) is 11.4 Å². The van der Waals surface area contributed by atoms with Gasteiger partial charge in [-0.2, -0.15) is 0 Å². The largest absolute Gasteiger partial charge is 0.455 e. The maximum Gasteiger partial charge on any atom is 0.309 e. The van der Waals surface area contributed by atoms with Crippen molar-refractivity contribution in [2.75, 3.05) is 24.6 Å². The fraction of sp³-hybridized carbons (Fsp3) is 0.417. The molecule has 2 aliphatic rings. The zero-order valence-corrected chi connectivity index (χ0v) is 17.9. The maximum atomic E-state index is 12.5. The highest BCUT2D eigenvalue weighted by Crippen LogP contribution is 2.32. The maximum absolute atomic E-state index is 12.5. The van der Waals surface area contributed by atoms with Gasteiger partial charge in [-0.3, -0.25) is 19.7 Å². The van der Waals surface area contributed by atoms with Gasteiger partial charge in [-0.1, -0.05) is 36.4 Å². The highest BCUT2D eigenvalue weighted by molar-refractivity contribution is 5.81. The smallest absolute Gasteiger partial charge is 0.309 e. The second kappa shape index (κ2) is 9.80. The number of nitrogens with zero attached hydrogens (tertiary/aromatic N) is 2.